The van der Waals surface area contributed by atoms with Gasteiger partial charge in [0, 0.05) is 24.9 Å². The van der Waals surface area contributed by atoms with Gasteiger partial charge in [0.05, 0.1) is 13.4 Å². The van der Waals surface area contributed by atoms with Gasteiger partial charge >= 0.3 is 0 Å². The van der Waals surface area contributed by atoms with E-state index < -0.39 is 0 Å². The zero-order valence-corrected chi connectivity index (χ0v) is 17.7. The van der Waals surface area contributed by atoms with Crippen LogP contribution in [-0.2, 0) is 4.79 Å². The van der Waals surface area contributed by atoms with Crippen LogP contribution in [0.4, 0.5) is 0 Å². The van der Waals surface area contributed by atoms with Crippen LogP contribution in [0.2, 0.25) is 5.31 Å². The lowest BCUT2D eigenvalue weighted by atomic mass is 9.61. The number of amides is 1. The largest absolute Gasteiger partial charge is 0.360 e. The predicted octanol–water partition coefficient (Wildman–Crippen LogP) is 3.83. The molecule has 0 aromatic rings. The Morgan fingerprint density at radius 2 is 2.00 bits per heavy atom. The van der Waals surface area contributed by atoms with Gasteiger partial charge in [-0.05, 0) is 38.4 Å². The van der Waals surface area contributed by atoms with Crippen LogP contribution in [0.1, 0.15) is 78.6 Å². The van der Waals surface area contributed by atoms with Crippen LogP contribution in [0, 0.1) is 0 Å². The summed E-state index contributed by atoms with van der Waals surface area (Å²) < 4.78 is 0. The summed E-state index contributed by atoms with van der Waals surface area (Å²) in [4.78, 5) is 13.9. The van der Waals surface area contributed by atoms with Crippen molar-refractivity contribution in [3.63, 3.8) is 0 Å². The maximum atomic E-state index is 12.1. The maximum absolute atomic E-state index is 12.1. The molecule has 1 aliphatic carbocycles. The summed E-state index contributed by atoms with van der Waals surface area (Å²) in [6.45, 7) is 6.35. The van der Waals surface area contributed by atoms with E-state index in [1.165, 1.54) is 19.3 Å². The first-order chi connectivity index (χ1) is 12.2. The van der Waals surface area contributed by atoms with E-state index in [1.54, 1.807) is 11.0 Å². The van der Waals surface area contributed by atoms with Crippen LogP contribution >= 0.6 is 12.2 Å². The van der Waals surface area contributed by atoms with E-state index in [1.807, 2.05) is 7.05 Å². The molecule has 2 aliphatic rings. The number of nitrogens with zero attached hydrogens (tertiary/aromatic N) is 1. The molecule has 3 unspecified atom stereocenters. The molecule has 1 fully saturated rings. The van der Waals surface area contributed by atoms with Crippen LogP contribution in [0.15, 0.2) is 11.8 Å². The molecular weight excluding hydrogens is 341 g/mol. The monoisotopic (exact) mass is 375 g/mol. The zero-order valence-electron chi connectivity index (χ0n) is 16.9. The van der Waals surface area contributed by atoms with Gasteiger partial charge in [0.15, 0.2) is 5.11 Å². The first kappa shape index (κ1) is 21.3. The molecule has 4 nitrogen and oxygen atoms in total. The SMILES string of the molecule is [B]C1(CC)CCCCCC(NC(=S)NC2=CC(=O)N(C)C2(C)CC)CC1. The Morgan fingerprint density at radius 3 is 2.65 bits per heavy atom. The summed E-state index contributed by atoms with van der Waals surface area (Å²) in [5.41, 5.74) is 0.561. The molecule has 0 aromatic heterocycles. The van der Waals surface area contributed by atoms with E-state index >= 15 is 0 Å². The fourth-order valence-corrected chi connectivity index (χ4v) is 4.29. The Hall–Kier alpha value is -1.04. The Morgan fingerprint density at radius 1 is 1.27 bits per heavy atom. The number of nitrogens with one attached hydrogen (secondary N) is 2. The number of carbonyl (C=O) groups excluding carboxylic acids is 1. The van der Waals surface area contributed by atoms with Gasteiger partial charge in [0.1, 0.15) is 0 Å². The first-order valence-electron chi connectivity index (χ1n) is 10.1. The van der Waals surface area contributed by atoms with Crippen LogP contribution in [0.25, 0.3) is 0 Å². The van der Waals surface area contributed by atoms with Crippen LogP contribution in [-0.4, -0.2) is 42.4 Å². The molecule has 0 aromatic carbocycles. The van der Waals surface area contributed by atoms with Crippen molar-refractivity contribution in [1.29, 1.82) is 0 Å². The van der Waals surface area contributed by atoms with Crippen LogP contribution in [0.5, 0.6) is 0 Å². The highest BCUT2D eigenvalue weighted by Gasteiger charge is 2.40. The molecular formula is C20H34BN3OS. The second-order valence-electron chi connectivity index (χ2n) is 8.23. The third kappa shape index (κ3) is 4.82. The van der Waals surface area contributed by atoms with Crippen molar-refractivity contribution in [2.75, 3.05) is 7.05 Å². The molecule has 2 radical (unpaired) electrons. The highest BCUT2D eigenvalue weighted by atomic mass is 32.1. The van der Waals surface area contributed by atoms with Gasteiger partial charge in [0.25, 0.3) is 0 Å². The molecule has 0 saturated heterocycles. The normalized spacial score (nSPS) is 33.1. The molecule has 2 N–H and O–H groups in total. The second-order valence-corrected chi connectivity index (χ2v) is 8.64. The maximum Gasteiger partial charge on any atom is 0.248 e. The van der Waals surface area contributed by atoms with Crippen molar-refractivity contribution in [2.24, 2.45) is 0 Å². The van der Waals surface area contributed by atoms with Gasteiger partial charge in [-0.15, -0.1) is 0 Å². The third-order valence-corrected chi connectivity index (χ3v) is 6.83. The number of carbonyl (C=O) groups is 1. The highest BCUT2D eigenvalue weighted by molar-refractivity contribution is 7.80. The summed E-state index contributed by atoms with van der Waals surface area (Å²) in [5.74, 6) is 0.0259. The van der Waals surface area contributed by atoms with Gasteiger partial charge in [-0.2, -0.15) is 0 Å². The van der Waals surface area contributed by atoms with E-state index in [9.17, 15) is 4.79 Å². The van der Waals surface area contributed by atoms with E-state index in [0.717, 1.165) is 44.2 Å². The Bertz CT molecular complexity index is 567. The summed E-state index contributed by atoms with van der Waals surface area (Å²) in [6.07, 6.45) is 11.5. The lowest BCUT2D eigenvalue weighted by Crippen LogP contribution is -2.49. The van der Waals surface area contributed by atoms with Crippen molar-refractivity contribution in [3.05, 3.63) is 11.8 Å². The van der Waals surface area contributed by atoms with Gasteiger partial charge in [-0.25, -0.2) is 0 Å². The molecule has 3 atom stereocenters. The summed E-state index contributed by atoms with van der Waals surface area (Å²) in [5, 5.41) is 7.37. The average molecular weight is 375 g/mol. The third-order valence-electron chi connectivity index (χ3n) is 6.61. The van der Waals surface area contributed by atoms with Crippen molar-refractivity contribution < 1.29 is 4.79 Å². The molecule has 0 bridgehead atoms. The Labute approximate surface area is 166 Å². The van der Waals surface area contributed by atoms with Crippen molar-refractivity contribution in [2.45, 2.75) is 95.5 Å². The van der Waals surface area contributed by atoms with Crippen LogP contribution in [0.3, 0.4) is 0 Å². The molecule has 26 heavy (non-hydrogen) atoms. The summed E-state index contributed by atoms with van der Waals surface area (Å²) in [6, 6.07) is 0.339. The fraction of sp³-hybridized carbons (Fsp3) is 0.800. The minimum Gasteiger partial charge on any atom is -0.360 e. The standard InChI is InChI=1S/C20H34BN3OS/c1-5-19(3)16(14-17(25)24(19)4)23-18(26)22-15-10-8-7-9-12-20(21,6-2)13-11-15/h14-15H,5-13H2,1-4H3,(H2,22,23,26). The number of hydrogen-bond acceptors (Lipinski definition) is 2. The van der Waals surface area contributed by atoms with Crippen molar-refractivity contribution in [3.8, 4) is 0 Å². The number of hydrogen-bond donors (Lipinski definition) is 2. The molecule has 1 amide bonds. The molecule has 144 valence electrons. The van der Waals surface area contributed by atoms with E-state index in [-0.39, 0.29) is 16.8 Å². The molecule has 1 aliphatic heterocycles. The van der Waals surface area contributed by atoms with E-state index in [4.69, 9.17) is 20.1 Å². The smallest absolute Gasteiger partial charge is 0.248 e. The molecule has 2 rings (SSSR count). The molecule has 1 saturated carbocycles. The van der Waals surface area contributed by atoms with Crippen LogP contribution < -0.4 is 10.6 Å². The minimum absolute atomic E-state index is 0.0259. The number of rotatable bonds is 4. The predicted molar refractivity (Wildman–Crippen MR) is 113 cm³/mol. The quantitative estimate of drug-likeness (QED) is 0.579. The lowest BCUT2D eigenvalue weighted by Gasteiger charge is -2.35. The Balaban J connectivity index is 1.97. The molecule has 0 spiro atoms. The van der Waals surface area contributed by atoms with E-state index in [0.29, 0.717) is 11.2 Å². The molecule has 6 heteroatoms. The fourth-order valence-electron chi connectivity index (χ4n) is 4.02. The Kier molecular flexibility index (Phi) is 7.17. The average Bonchev–Trinajstić information content (AvgIpc) is 2.88. The second kappa shape index (κ2) is 8.77. The lowest BCUT2D eigenvalue weighted by molar-refractivity contribution is -0.126. The minimum atomic E-state index is -0.324. The highest BCUT2D eigenvalue weighted by Crippen LogP contribution is 2.40. The summed E-state index contributed by atoms with van der Waals surface area (Å²) in [7, 11) is 8.42. The van der Waals surface area contributed by atoms with E-state index in [2.05, 4.69) is 31.4 Å². The first-order valence-corrected chi connectivity index (χ1v) is 10.5. The zero-order chi connectivity index (χ0) is 19.4. The van der Waals surface area contributed by atoms with Gasteiger partial charge in [-0.1, -0.05) is 57.7 Å². The topological polar surface area (TPSA) is 44.4 Å². The number of thiocarbonyl (C=S) groups is 1. The van der Waals surface area contributed by atoms with Crippen molar-refractivity contribution in [1.82, 2.24) is 15.5 Å². The molecule has 1 heterocycles. The summed E-state index contributed by atoms with van der Waals surface area (Å²) >= 11 is 5.57. The van der Waals surface area contributed by atoms with Gasteiger partial charge in [0.2, 0.25) is 5.91 Å². The van der Waals surface area contributed by atoms with Crippen molar-refractivity contribution >= 4 is 31.1 Å². The number of likely N-dealkylation sites (N-methyl/N-ethyl adjacent to an activating group) is 1. The van der Waals surface area contributed by atoms with Gasteiger partial charge in [-0.3, -0.25) is 4.79 Å². The van der Waals surface area contributed by atoms with Gasteiger partial charge < -0.3 is 15.5 Å².